The number of carbonyl (C=O) groups is 1. The fourth-order valence-electron chi connectivity index (χ4n) is 4.05. The van der Waals surface area contributed by atoms with Crippen LogP contribution in [0.1, 0.15) is 30.1 Å². The summed E-state index contributed by atoms with van der Waals surface area (Å²) in [5, 5.41) is 11.0. The van der Waals surface area contributed by atoms with Crippen LogP contribution in [0.3, 0.4) is 0 Å². The molecule has 0 saturated heterocycles. The summed E-state index contributed by atoms with van der Waals surface area (Å²) in [5.41, 5.74) is -1.14. The van der Waals surface area contributed by atoms with Gasteiger partial charge in [-0.1, -0.05) is 37.6 Å². The lowest BCUT2D eigenvalue weighted by molar-refractivity contribution is -0.384. The largest absolute Gasteiger partial charge is 0.487 e. The zero-order valence-corrected chi connectivity index (χ0v) is 21.7. The number of esters is 1. The van der Waals surface area contributed by atoms with Gasteiger partial charge in [0.25, 0.3) is 5.69 Å². The Morgan fingerprint density at radius 2 is 1.28 bits per heavy atom. The van der Waals surface area contributed by atoms with E-state index in [0.29, 0.717) is 62.3 Å². The Kier molecular flexibility index (Phi) is 9.58. The van der Waals surface area contributed by atoms with Crippen LogP contribution in [0.5, 0.6) is 23.0 Å². The van der Waals surface area contributed by atoms with E-state index in [1.165, 1.54) is 24.3 Å². The Hall–Kier alpha value is -4.31. The molecule has 0 saturated carbocycles. The quantitative estimate of drug-likeness (QED) is 0.245. The number of non-ortho nitro benzene ring substituents is 1. The molecule has 10 nitrogen and oxygen atoms in total. The minimum Gasteiger partial charge on any atom is -0.487 e. The summed E-state index contributed by atoms with van der Waals surface area (Å²) >= 11 is 0. The van der Waals surface area contributed by atoms with Gasteiger partial charge < -0.3 is 28.4 Å². The fourth-order valence-corrected chi connectivity index (χ4v) is 4.05. The molecule has 3 aromatic rings. The molecule has 0 N–H and O–H groups in total. The third-order valence-corrected chi connectivity index (χ3v) is 5.98. The SMILES string of the molecule is CCCC1(OC(=O)c2ccc([N+](=O)[O-])cc2)COc2ccccc2OCCOCCOc2ccccc2OC1. The van der Waals surface area contributed by atoms with Crippen molar-refractivity contribution in [3.05, 3.63) is 88.5 Å². The van der Waals surface area contributed by atoms with Crippen LogP contribution in [-0.4, -0.2) is 56.1 Å². The smallest absolute Gasteiger partial charge is 0.338 e. The average molecular weight is 538 g/mol. The number of para-hydroxylation sites is 4. The Bertz CT molecular complexity index is 1190. The first-order valence-corrected chi connectivity index (χ1v) is 12.7. The molecule has 0 spiro atoms. The van der Waals surface area contributed by atoms with Crippen molar-refractivity contribution in [3.8, 4) is 23.0 Å². The Balaban J connectivity index is 1.65. The lowest BCUT2D eigenvalue weighted by Crippen LogP contribution is -2.46. The molecule has 1 aliphatic heterocycles. The van der Waals surface area contributed by atoms with Gasteiger partial charge in [-0.05, 0) is 42.8 Å². The minimum absolute atomic E-state index is 0.0283. The van der Waals surface area contributed by atoms with E-state index in [1.807, 2.05) is 31.2 Å². The molecule has 1 aliphatic rings. The Morgan fingerprint density at radius 1 is 0.795 bits per heavy atom. The summed E-state index contributed by atoms with van der Waals surface area (Å²) in [6, 6.07) is 19.7. The van der Waals surface area contributed by atoms with Gasteiger partial charge in [0, 0.05) is 12.1 Å². The van der Waals surface area contributed by atoms with Gasteiger partial charge in [-0.25, -0.2) is 4.79 Å². The second-order valence-electron chi connectivity index (χ2n) is 8.91. The third kappa shape index (κ3) is 7.61. The monoisotopic (exact) mass is 537 g/mol. The van der Waals surface area contributed by atoms with Crippen molar-refractivity contribution >= 4 is 11.7 Å². The number of hydrogen-bond donors (Lipinski definition) is 0. The second-order valence-corrected chi connectivity index (χ2v) is 8.91. The molecule has 0 atom stereocenters. The van der Waals surface area contributed by atoms with Crippen LogP contribution >= 0.6 is 0 Å². The van der Waals surface area contributed by atoms with Crippen LogP contribution in [0.2, 0.25) is 0 Å². The predicted octanol–water partition coefficient (Wildman–Crippen LogP) is 5.24. The molecule has 0 unspecified atom stereocenters. The van der Waals surface area contributed by atoms with E-state index < -0.39 is 16.5 Å². The van der Waals surface area contributed by atoms with Crippen LogP contribution in [-0.2, 0) is 9.47 Å². The molecule has 4 rings (SSSR count). The standard InChI is InChI=1S/C29H31NO9/c1-2-15-29(39-28(31)22-11-13-23(14-12-22)30(32)33)20-37-26-9-5-3-7-24(26)35-18-16-34-17-19-36-25-8-4-6-10-27(25)38-21-29/h3-14H,2,15-21H2,1H3. The van der Waals surface area contributed by atoms with E-state index in [4.69, 9.17) is 28.4 Å². The number of fused-ring (bicyclic) bond motifs is 2. The van der Waals surface area contributed by atoms with Crippen molar-refractivity contribution in [1.29, 1.82) is 0 Å². The lowest BCUT2D eigenvalue weighted by Gasteiger charge is -2.33. The predicted molar refractivity (Wildman–Crippen MR) is 142 cm³/mol. The molecule has 0 fully saturated rings. The van der Waals surface area contributed by atoms with Crippen LogP contribution in [0, 0.1) is 10.1 Å². The van der Waals surface area contributed by atoms with Crippen LogP contribution in [0.25, 0.3) is 0 Å². The number of ether oxygens (including phenoxy) is 6. The molecule has 0 aromatic heterocycles. The highest BCUT2D eigenvalue weighted by Crippen LogP contribution is 2.32. The molecule has 3 aromatic carbocycles. The first-order valence-electron chi connectivity index (χ1n) is 12.7. The summed E-state index contributed by atoms with van der Waals surface area (Å²) in [5.74, 6) is 1.39. The molecular formula is C29H31NO9. The van der Waals surface area contributed by atoms with Gasteiger partial charge in [-0.2, -0.15) is 0 Å². The van der Waals surface area contributed by atoms with Gasteiger partial charge in [-0.15, -0.1) is 0 Å². The molecule has 0 aliphatic carbocycles. The highest BCUT2D eigenvalue weighted by molar-refractivity contribution is 5.90. The van der Waals surface area contributed by atoms with E-state index >= 15 is 0 Å². The number of benzene rings is 3. The first-order chi connectivity index (χ1) is 19.0. The lowest BCUT2D eigenvalue weighted by atomic mass is 9.99. The zero-order chi connectivity index (χ0) is 27.5. The van der Waals surface area contributed by atoms with Crippen molar-refractivity contribution < 1.29 is 38.1 Å². The molecule has 39 heavy (non-hydrogen) atoms. The summed E-state index contributed by atoms with van der Waals surface area (Å²) in [6.45, 7) is 3.27. The number of carbonyl (C=O) groups excluding carboxylic acids is 1. The van der Waals surface area contributed by atoms with Crippen molar-refractivity contribution in [2.24, 2.45) is 0 Å². The summed E-state index contributed by atoms with van der Waals surface area (Å²) in [4.78, 5) is 23.8. The first kappa shape index (κ1) is 27.7. The maximum Gasteiger partial charge on any atom is 0.338 e. The minimum atomic E-state index is -1.20. The number of nitrogens with zero attached hydrogens (tertiary/aromatic N) is 1. The zero-order valence-electron chi connectivity index (χ0n) is 21.7. The highest BCUT2D eigenvalue weighted by Gasteiger charge is 2.37. The Morgan fingerprint density at radius 3 is 1.74 bits per heavy atom. The van der Waals surface area contributed by atoms with E-state index in [0.717, 1.165) is 0 Å². The van der Waals surface area contributed by atoms with Crippen molar-refractivity contribution in [1.82, 2.24) is 0 Å². The highest BCUT2D eigenvalue weighted by atomic mass is 16.6. The summed E-state index contributed by atoms with van der Waals surface area (Å²) in [6.07, 6.45) is 1.08. The molecule has 10 heteroatoms. The van der Waals surface area contributed by atoms with E-state index in [1.54, 1.807) is 24.3 Å². The molecule has 1 heterocycles. The van der Waals surface area contributed by atoms with E-state index in [2.05, 4.69) is 0 Å². The third-order valence-electron chi connectivity index (χ3n) is 5.98. The van der Waals surface area contributed by atoms with Crippen LogP contribution in [0.4, 0.5) is 5.69 Å². The van der Waals surface area contributed by atoms with Gasteiger partial charge in [0.05, 0.1) is 23.7 Å². The number of nitro benzene ring substituents is 1. The van der Waals surface area contributed by atoms with Crippen molar-refractivity contribution in [2.75, 3.05) is 39.6 Å². The maximum atomic E-state index is 13.3. The van der Waals surface area contributed by atoms with Crippen molar-refractivity contribution in [3.63, 3.8) is 0 Å². The number of hydrogen-bond acceptors (Lipinski definition) is 9. The van der Waals surface area contributed by atoms with Crippen molar-refractivity contribution in [2.45, 2.75) is 25.4 Å². The van der Waals surface area contributed by atoms with E-state index in [9.17, 15) is 14.9 Å². The van der Waals surface area contributed by atoms with Gasteiger partial charge in [0.1, 0.15) is 26.4 Å². The molecule has 0 bridgehead atoms. The van der Waals surface area contributed by atoms with Gasteiger partial charge in [0.2, 0.25) is 0 Å². The van der Waals surface area contributed by atoms with Gasteiger partial charge in [-0.3, -0.25) is 10.1 Å². The molecule has 0 amide bonds. The second kappa shape index (κ2) is 13.5. The van der Waals surface area contributed by atoms with Crippen LogP contribution in [0.15, 0.2) is 72.8 Å². The number of nitro groups is 1. The topological polar surface area (TPSA) is 116 Å². The number of rotatable bonds is 5. The average Bonchev–Trinajstić information content (AvgIpc) is 2.95. The normalized spacial score (nSPS) is 15.6. The molecule has 0 radical (unpaired) electrons. The summed E-state index contributed by atoms with van der Waals surface area (Å²) in [7, 11) is 0. The molecule has 206 valence electrons. The van der Waals surface area contributed by atoms with Gasteiger partial charge in [0.15, 0.2) is 28.6 Å². The van der Waals surface area contributed by atoms with Crippen LogP contribution < -0.4 is 18.9 Å². The van der Waals surface area contributed by atoms with E-state index in [-0.39, 0.29) is 24.5 Å². The summed E-state index contributed by atoms with van der Waals surface area (Å²) < 4.78 is 35.8. The fraction of sp³-hybridized carbons (Fsp3) is 0.345. The van der Waals surface area contributed by atoms with Gasteiger partial charge >= 0.3 is 5.97 Å². The Labute approximate surface area is 226 Å². The molecular weight excluding hydrogens is 506 g/mol. The maximum absolute atomic E-state index is 13.3.